The van der Waals surface area contributed by atoms with Crippen LogP contribution in [0, 0.1) is 0 Å². The molecule has 2 aromatic carbocycles. The van der Waals surface area contributed by atoms with Crippen LogP contribution < -0.4 is 5.32 Å². The molecule has 1 aromatic heterocycles. The van der Waals surface area contributed by atoms with Crippen LogP contribution in [0.3, 0.4) is 0 Å². The maximum Gasteiger partial charge on any atom is 0.358 e. The van der Waals surface area contributed by atoms with E-state index in [9.17, 15) is 19.2 Å². The molecular weight excluding hydrogens is 400 g/mol. The third kappa shape index (κ3) is 3.05. The Kier molecular flexibility index (Phi) is 4.32. The second-order valence-electron chi connectivity index (χ2n) is 7.74. The van der Waals surface area contributed by atoms with E-state index in [1.807, 2.05) is 0 Å². The van der Waals surface area contributed by atoms with E-state index in [0.717, 1.165) is 10.9 Å². The van der Waals surface area contributed by atoms with Gasteiger partial charge in [0.15, 0.2) is 0 Å². The van der Waals surface area contributed by atoms with Crippen molar-refractivity contribution in [1.82, 2.24) is 20.6 Å². The fourth-order valence-corrected chi connectivity index (χ4v) is 4.15. The van der Waals surface area contributed by atoms with Gasteiger partial charge < -0.3 is 10.2 Å². The van der Waals surface area contributed by atoms with Gasteiger partial charge in [0.2, 0.25) is 0 Å². The van der Waals surface area contributed by atoms with Crippen LogP contribution in [0.5, 0.6) is 0 Å². The summed E-state index contributed by atoms with van der Waals surface area (Å²) in [7, 11) is 0. The summed E-state index contributed by atoms with van der Waals surface area (Å²) < 4.78 is 0. The first-order valence-corrected chi connectivity index (χ1v) is 9.94. The van der Waals surface area contributed by atoms with Crippen LogP contribution in [-0.4, -0.2) is 44.5 Å². The lowest BCUT2D eigenvalue weighted by Gasteiger charge is -2.29. The minimum atomic E-state index is -1.31. The van der Waals surface area contributed by atoms with Gasteiger partial charge >= 0.3 is 5.97 Å². The third-order valence-electron chi connectivity index (χ3n) is 5.83. The molecule has 3 amide bonds. The fraction of sp³-hybridized carbons (Fsp3) is 0.227. The van der Waals surface area contributed by atoms with E-state index in [-0.39, 0.29) is 11.1 Å². The molecule has 2 N–H and O–H groups in total. The zero-order valence-electron chi connectivity index (χ0n) is 16.4. The number of carbonyl (C=O) groups excluding carboxylic acids is 4. The lowest BCUT2D eigenvalue weighted by molar-refractivity contribution is -0.176. The number of fused-ring (bicyclic) bond motifs is 2. The number of benzene rings is 2. The van der Waals surface area contributed by atoms with Crippen molar-refractivity contribution >= 4 is 34.6 Å². The maximum absolute atomic E-state index is 13.1. The molecule has 0 bridgehead atoms. The average Bonchev–Trinajstić information content (AvgIpc) is 3.50. The van der Waals surface area contributed by atoms with Crippen molar-refractivity contribution < 1.29 is 24.0 Å². The average molecular weight is 418 g/mol. The van der Waals surface area contributed by atoms with Crippen LogP contribution >= 0.6 is 0 Å². The Morgan fingerprint density at radius 1 is 1.03 bits per heavy atom. The number of imide groups is 1. The number of hydroxylamine groups is 2. The number of hydrogen-bond acceptors (Lipinski definition) is 6. The smallest absolute Gasteiger partial charge is 0.336 e. The molecule has 0 atom stereocenters. The van der Waals surface area contributed by atoms with Crippen molar-refractivity contribution in [3.8, 4) is 0 Å². The van der Waals surface area contributed by atoms with Crippen LogP contribution in [0.1, 0.15) is 56.8 Å². The molecule has 1 saturated carbocycles. The van der Waals surface area contributed by atoms with Crippen LogP contribution in [0.25, 0.3) is 10.9 Å². The molecule has 0 unspecified atom stereocenters. The first-order valence-electron chi connectivity index (χ1n) is 9.94. The van der Waals surface area contributed by atoms with Gasteiger partial charge in [-0.3, -0.25) is 19.5 Å². The minimum absolute atomic E-state index is 0.179. The molecule has 0 radical (unpaired) electrons. The first-order chi connectivity index (χ1) is 15.0. The Bertz CT molecular complexity index is 1210. The highest BCUT2D eigenvalue weighted by atomic mass is 16.7. The van der Waals surface area contributed by atoms with E-state index >= 15 is 0 Å². The Morgan fingerprint density at radius 3 is 2.39 bits per heavy atom. The number of aromatic amines is 1. The summed E-state index contributed by atoms with van der Waals surface area (Å²) in [6, 6.07) is 11.3. The monoisotopic (exact) mass is 418 g/mol. The van der Waals surface area contributed by atoms with Gasteiger partial charge in [-0.25, -0.2) is 4.79 Å². The van der Waals surface area contributed by atoms with E-state index < -0.39 is 29.2 Å². The fourth-order valence-electron chi connectivity index (χ4n) is 4.15. The zero-order valence-corrected chi connectivity index (χ0v) is 16.4. The molecule has 0 saturated heterocycles. The number of amides is 3. The second kappa shape index (κ2) is 7.05. The number of nitrogens with zero attached hydrogens (tertiary/aromatic N) is 2. The summed E-state index contributed by atoms with van der Waals surface area (Å²) in [6.45, 7) is 0. The van der Waals surface area contributed by atoms with Crippen molar-refractivity contribution in [1.29, 1.82) is 0 Å². The van der Waals surface area contributed by atoms with Gasteiger partial charge in [0.05, 0.1) is 22.8 Å². The predicted molar refractivity (Wildman–Crippen MR) is 108 cm³/mol. The SMILES string of the molecule is O=C(NC1(C(=O)ON2C(=O)c3ccccc3C2=O)CCCC1)c1ccc2[nH]ncc2c1. The predicted octanol–water partition coefficient (Wildman–Crippen LogP) is 2.36. The molecule has 9 heteroatoms. The van der Waals surface area contributed by atoms with E-state index in [4.69, 9.17) is 4.84 Å². The van der Waals surface area contributed by atoms with Gasteiger partial charge in [0, 0.05) is 10.9 Å². The Balaban J connectivity index is 1.37. The summed E-state index contributed by atoms with van der Waals surface area (Å²) in [6.07, 6.45) is 3.73. The molecule has 31 heavy (non-hydrogen) atoms. The van der Waals surface area contributed by atoms with Crippen molar-refractivity contribution in [3.05, 3.63) is 65.4 Å². The van der Waals surface area contributed by atoms with E-state index in [0.29, 0.717) is 36.3 Å². The molecule has 2 aliphatic rings. The molecule has 5 rings (SSSR count). The molecular formula is C22H18N4O5. The zero-order chi connectivity index (χ0) is 21.6. The largest absolute Gasteiger partial charge is 0.358 e. The molecule has 2 heterocycles. The van der Waals surface area contributed by atoms with Gasteiger partial charge in [0.25, 0.3) is 17.7 Å². The molecule has 9 nitrogen and oxygen atoms in total. The number of hydrogen-bond donors (Lipinski definition) is 2. The maximum atomic E-state index is 13.1. The molecule has 156 valence electrons. The van der Waals surface area contributed by atoms with Gasteiger partial charge in [0.1, 0.15) is 5.54 Å². The molecule has 1 aliphatic heterocycles. The van der Waals surface area contributed by atoms with E-state index in [2.05, 4.69) is 15.5 Å². The van der Waals surface area contributed by atoms with Gasteiger partial charge in [-0.15, -0.1) is 0 Å². The Morgan fingerprint density at radius 2 is 1.71 bits per heavy atom. The van der Waals surface area contributed by atoms with Crippen molar-refractivity contribution in [2.24, 2.45) is 0 Å². The van der Waals surface area contributed by atoms with Gasteiger partial charge in [-0.2, -0.15) is 5.10 Å². The van der Waals surface area contributed by atoms with E-state index in [1.54, 1.807) is 36.5 Å². The highest BCUT2D eigenvalue weighted by Crippen LogP contribution is 2.33. The first kappa shape index (κ1) is 19.0. The summed E-state index contributed by atoms with van der Waals surface area (Å²) >= 11 is 0. The second-order valence-corrected chi connectivity index (χ2v) is 7.74. The van der Waals surface area contributed by atoms with Crippen LogP contribution in [0.4, 0.5) is 0 Å². The highest BCUT2D eigenvalue weighted by Gasteiger charge is 2.48. The van der Waals surface area contributed by atoms with Crippen molar-refractivity contribution in [3.63, 3.8) is 0 Å². The minimum Gasteiger partial charge on any atom is -0.336 e. The molecule has 1 fully saturated rings. The highest BCUT2D eigenvalue weighted by molar-refractivity contribution is 6.21. The Hall–Kier alpha value is -4.01. The lowest BCUT2D eigenvalue weighted by atomic mass is 9.97. The molecule has 3 aromatic rings. The Labute approximate surface area is 176 Å². The number of nitrogens with one attached hydrogen (secondary N) is 2. The summed E-state index contributed by atoms with van der Waals surface area (Å²) in [5.74, 6) is -2.65. The summed E-state index contributed by atoms with van der Waals surface area (Å²) in [4.78, 5) is 56.4. The van der Waals surface area contributed by atoms with E-state index in [1.165, 1.54) is 12.1 Å². The topological polar surface area (TPSA) is 121 Å². The van der Waals surface area contributed by atoms with Crippen LogP contribution in [0.2, 0.25) is 0 Å². The summed E-state index contributed by atoms with van der Waals surface area (Å²) in [5.41, 5.74) is 0.208. The number of carbonyl (C=O) groups is 4. The summed E-state index contributed by atoms with van der Waals surface area (Å²) in [5, 5.41) is 10.8. The van der Waals surface area contributed by atoms with Crippen molar-refractivity contribution in [2.45, 2.75) is 31.2 Å². The number of aromatic nitrogens is 2. The molecule has 0 spiro atoms. The van der Waals surface area contributed by atoms with Crippen LogP contribution in [0.15, 0.2) is 48.7 Å². The third-order valence-corrected chi connectivity index (χ3v) is 5.83. The number of H-pyrrole nitrogens is 1. The quantitative estimate of drug-likeness (QED) is 0.628. The molecule has 1 aliphatic carbocycles. The number of rotatable bonds is 4. The lowest BCUT2D eigenvalue weighted by Crippen LogP contribution is -2.55. The standard InChI is InChI=1S/C22H18N4O5/c27-18(13-7-8-17-14(11-13)12-23-25-17)24-22(9-3-4-10-22)21(30)31-26-19(28)15-5-1-2-6-16(15)20(26)29/h1-2,5-8,11-12H,3-4,9-10H2,(H,23,25)(H,24,27). The van der Waals surface area contributed by atoms with Crippen molar-refractivity contribution in [2.75, 3.05) is 0 Å². The van der Waals surface area contributed by atoms with Gasteiger partial charge in [-0.1, -0.05) is 30.0 Å². The van der Waals surface area contributed by atoms with Gasteiger partial charge in [-0.05, 0) is 43.2 Å². The normalized spacial score (nSPS) is 17.1. The van der Waals surface area contributed by atoms with Crippen LogP contribution in [-0.2, 0) is 9.63 Å².